The van der Waals surface area contributed by atoms with Gasteiger partial charge in [-0.15, -0.1) is 0 Å². The first-order valence-corrected chi connectivity index (χ1v) is 7.09. The molecule has 2 N–H and O–H groups in total. The zero-order chi connectivity index (χ0) is 14.9. The molecule has 3 rings (SSSR count). The van der Waals surface area contributed by atoms with Gasteiger partial charge in [-0.2, -0.15) is 0 Å². The number of aromatic nitrogens is 1. The van der Waals surface area contributed by atoms with E-state index in [-0.39, 0.29) is 29.9 Å². The van der Waals surface area contributed by atoms with Crippen molar-refractivity contribution >= 4 is 16.8 Å². The monoisotopic (exact) mass is 286 g/mol. The van der Waals surface area contributed by atoms with E-state index in [0.29, 0.717) is 11.9 Å². The molecule has 0 saturated heterocycles. The minimum absolute atomic E-state index is 0.0422. The van der Waals surface area contributed by atoms with Gasteiger partial charge in [0.15, 0.2) is 5.43 Å². The Morgan fingerprint density at radius 1 is 1.29 bits per heavy atom. The van der Waals surface area contributed by atoms with Crippen molar-refractivity contribution in [2.24, 2.45) is 5.41 Å². The van der Waals surface area contributed by atoms with E-state index < -0.39 is 0 Å². The van der Waals surface area contributed by atoms with Gasteiger partial charge >= 0.3 is 0 Å². The van der Waals surface area contributed by atoms with E-state index in [0.717, 1.165) is 18.4 Å². The Morgan fingerprint density at radius 2 is 2.05 bits per heavy atom. The highest BCUT2D eigenvalue weighted by atomic mass is 16.3. The number of nitrogens with one attached hydrogen (secondary N) is 1. The standard InChI is InChI=1S/C16H18N2O3/c19-11-16(6-7-16)10-17-15(21)9-18-8-5-14(20)12-3-1-2-4-13(12)18/h1-5,8,19H,6-7,9-11H2,(H,17,21). The zero-order valence-corrected chi connectivity index (χ0v) is 11.7. The molecule has 1 heterocycles. The highest BCUT2D eigenvalue weighted by molar-refractivity contribution is 5.82. The van der Waals surface area contributed by atoms with E-state index in [2.05, 4.69) is 5.32 Å². The molecule has 1 saturated carbocycles. The molecule has 2 aromatic rings. The van der Waals surface area contributed by atoms with E-state index in [1.165, 1.54) is 6.07 Å². The van der Waals surface area contributed by atoms with Crippen LogP contribution in [-0.2, 0) is 11.3 Å². The SMILES string of the molecule is O=C(Cn1ccc(=O)c2ccccc21)NCC1(CO)CC1. The van der Waals surface area contributed by atoms with E-state index in [1.807, 2.05) is 18.2 Å². The normalized spacial score (nSPS) is 15.9. The molecule has 5 nitrogen and oxygen atoms in total. The molecule has 1 fully saturated rings. The third kappa shape index (κ3) is 2.83. The van der Waals surface area contributed by atoms with Crippen molar-refractivity contribution in [1.82, 2.24) is 9.88 Å². The Morgan fingerprint density at radius 3 is 2.76 bits per heavy atom. The Kier molecular flexibility index (Phi) is 3.51. The van der Waals surface area contributed by atoms with Crippen LogP contribution < -0.4 is 10.7 Å². The fraction of sp³-hybridized carbons (Fsp3) is 0.375. The summed E-state index contributed by atoms with van der Waals surface area (Å²) in [5, 5.41) is 12.7. The van der Waals surface area contributed by atoms with Gasteiger partial charge in [0.1, 0.15) is 6.54 Å². The number of nitrogens with zero attached hydrogens (tertiary/aromatic N) is 1. The van der Waals surface area contributed by atoms with E-state index >= 15 is 0 Å². The first kappa shape index (κ1) is 13.8. The van der Waals surface area contributed by atoms with E-state index in [9.17, 15) is 14.7 Å². The number of fused-ring (bicyclic) bond motifs is 1. The second-order valence-corrected chi connectivity index (χ2v) is 5.76. The lowest BCUT2D eigenvalue weighted by molar-refractivity contribution is -0.121. The molecule has 1 aliphatic carbocycles. The molecule has 1 aromatic carbocycles. The summed E-state index contributed by atoms with van der Waals surface area (Å²) in [6.45, 7) is 0.803. The number of aliphatic hydroxyl groups is 1. The van der Waals surface area contributed by atoms with Gasteiger partial charge in [0.25, 0.3) is 0 Å². The number of para-hydroxylation sites is 1. The van der Waals surface area contributed by atoms with Gasteiger partial charge in [-0.25, -0.2) is 0 Å². The fourth-order valence-corrected chi connectivity index (χ4v) is 2.46. The van der Waals surface area contributed by atoms with Gasteiger partial charge in [0.05, 0.1) is 12.1 Å². The fourth-order valence-electron chi connectivity index (χ4n) is 2.46. The molecule has 0 unspecified atom stereocenters. The van der Waals surface area contributed by atoms with Crippen molar-refractivity contribution in [3.8, 4) is 0 Å². The first-order chi connectivity index (χ1) is 10.1. The van der Waals surface area contributed by atoms with E-state index in [1.54, 1.807) is 16.8 Å². The minimum atomic E-state index is -0.108. The van der Waals surface area contributed by atoms with Gasteiger partial charge in [-0.3, -0.25) is 9.59 Å². The summed E-state index contributed by atoms with van der Waals surface area (Å²) in [6, 6.07) is 8.73. The van der Waals surface area contributed by atoms with Gasteiger partial charge in [-0.05, 0) is 25.0 Å². The lowest BCUT2D eigenvalue weighted by Gasteiger charge is -2.14. The molecule has 1 aromatic heterocycles. The predicted molar refractivity (Wildman–Crippen MR) is 80.0 cm³/mol. The summed E-state index contributed by atoms with van der Waals surface area (Å²) in [4.78, 5) is 23.8. The Labute approximate surface area is 122 Å². The second-order valence-electron chi connectivity index (χ2n) is 5.76. The molecule has 0 aliphatic heterocycles. The summed E-state index contributed by atoms with van der Waals surface area (Å²) >= 11 is 0. The topological polar surface area (TPSA) is 71.3 Å². The minimum Gasteiger partial charge on any atom is -0.396 e. The molecule has 0 atom stereocenters. The highest BCUT2D eigenvalue weighted by Gasteiger charge is 2.41. The van der Waals surface area contributed by atoms with Crippen LogP contribution in [0.3, 0.4) is 0 Å². The number of rotatable bonds is 5. The number of aliphatic hydroxyl groups excluding tert-OH is 1. The van der Waals surface area contributed by atoms with Crippen molar-refractivity contribution in [1.29, 1.82) is 0 Å². The van der Waals surface area contributed by atoms with Crippen LogP contribution in [0.4, 0.5) is 0 Å². The van der Waals surface area contributed by atoms with E-state index in [4.69, 9.17) is 0 Å². The quantitative estimate of drug-likeness (QED) is 0.857. The summed E-state index contributed by atoms with van der Waals surface area (Å²) in [7, 11) is 0. The maximum absolute atomic E-state index is 12.0. The molecule has 5 heteroatoms. The Balaban J connectivity index is 1.74. The second kappa shape index (κ2) is 5.33. The van der Waals surface area contributed by atoms with Crippen molar-refractivity contribution in [3.63, 3.8) is 0 Å². The largest absolute Gasteiger partial charge is 0.396 e. The third-order valence-electron chi connectivity index (χ3n) is 4.15. The molecule has 110 valence electrons. The van der Waals surface area contributed by atoms with Gasteiger partial charge < -0.3 is 15.0 Å². The van der Waals surface area contributed by atoms with Crippen LogP contribution in [-0.4, -0.2) is 28.7 Å². The summed E-state index contributed by atoms with van der Waals surface area (Å²) in [5.74, 6) is -0.108. The molecule has 1 aliphatic rings. The molecular weight excluding hydrogens is 268 g/mol. The highest BCUT2D eigenvalue weighted by Crippen LogP contribution is 2.44. The molecular formula is C16H18N2O3. The number of carbonyl (C=O) groups is 1. The molecule has 0 spiro atoms. The zero-order valence-electron chi connectivity index (χ0n) is 11.7. The molecule has 0 radical (unpaired) electrons. The Bertz CT molecular complexity index is 732. The van der Waals surface area contributed by atoms with Crippen LogP contribution in [0.5, 0.6) is 0 Å². The van der Waals surface area contributed by atoms with Gasteiger partial charge in [0.2, 0.25) is 5.91 Å². The van der Waals surface area contributed by atoms with Crippen LogP contribution in [0, 0.1) is 5.41 Å². The van der Waals surface area contributed by atoms with Crippen LogP contribution >= 0.6 is 0 Å². The Hall–Kier alpha value is -2.14. The van der Waals surface area contributed by atoms with Gasteiger partial charge in [0, 0.05) is 29.6 Å². The van der Waals surface area contributed by atoms with Crippen molar-refractivity contribution in [3.05, 3.63) is 46.8 Å². The molecule has 1 amide bonds. The number of hydrogen-bond donors (Lipinski definition) is 2. The number of benzene rings is 1. The van der Waals surface area contributed by atoms with Crippen molar-refractivity contribution < 1.29 is 9.90 Å². The lowest BCUT2D eigenvalue weighted by Crippen LogP contribution is -2.34. The lowest BCUT2D eigenvalue weighted by atomic mass is 10.1. The van der Waals surface area contributed by atoms with Gasteiger partial charge in [-0.1, -0.05) is 12.1 Å². The predicted octanol–water partition coefficient (Wildman–Crippen LogP) is 0.890. The number of hydrogen-bond acceptors (Lipinski definition) is 3. The maximum atomic E-state index is 12.0. The van der Waals surface area contributed by atoms with Crippen molar-refractivity contribution in [2.45, 2.75) is 19.4 Å². The summed E-state index contributed by atoms with van der Waals surface area (Å²) in [6.07, 6.45) is 3.57. The summed E-state index contributed by atoms with van der Waals surface area (Å²) < 4.78 is 1.77. The number of carbonyl (C=O) groups excluding carboxylic acids is 1. The number of pyridine rings is 1. The molecule has 21 heavy (non-hydrogen) atoms. The third-order valence-corrected chi connectivity index (χ3v) is 4.15. The van der Waals surface area contributed by atoms with Crippen molar-refractivity contribution in [2.75, 3.05) is 13.2 Å². The molecule has 0 bridgehead atoms. The average molecular weight is 286 g/mol. The van der Waals surface area contributed by atoms with Crippen LogP contribution in [0.15, 0.2) is 41.3 Å². The first-order valence-electron chi connectivity index (χ1n) is 7.09. The number of amides is 1. The average Bonchev–Trinajstić information content (AvgIpc) is 3.29. The summed E-state index contributed by atoms with van der Waals surface area (Å²) in [5.41, 5.74) is 0.615. The van der Waals surface area contributed by atoms with Crippen LogP contribution in [0.1, 0.15) is 12.8 Å². The van der Waals surface area contributed by atoms with Crippen LogP contribution in [0.2, 0.25) is 0 Å². The smallest absolute Gasteiger partial charge is 0.239 e. The van der Waals surface area contributed by atoms with Crippen LogP contribution in [0.25, 0.3) is 10.9 Å². The maximum Gasteiger partial charge on any atom is 0.239 e.